The molecular formula is C26H23ClF3N3O4S. The molecule has 3 aromatic carbocycles. The smallest absolute Gasteiger partial charge is 0.324 e. The van der Waals surface area contributed by atoms with E-state index in [-0.39, 0.29) is 17.0 Å². The number of aromatic nitrogens is 2. The van der Waals surface area contributed by atoms with Crippen molar-refractivity contribution in [3.05, 3.63) is 88.2 Å². The lowest BCUT2D eigenvalue weighted by molar-refractivity contribution is -0.137. The molecule has 0 atom stereocenters. The zero-order valence-electron chi connectivity index (χ0n) is 20.3. The maximum atomic E-state index is 13.3. The minimum absolute atomic E-state index is 0.117. The van der Waals surface area contributed by atoms with E-state index in [4.69, 9.17) is 11.6 Å². The number of rotatable bonds is 7. The van der Waals surface area contributed by atoms with Gasteiger partial charge in [-0.05, 0) is 55.3 Å². The largest absolute Gasteiger partial charge is 0.423 e. The zero-order chi connectivity index (χ0) is 27.7. The van der Waals surface area contributed by atoms with Crippen LogP contribution in [0.5, 0.6) is 0 Å². The van der Waals surface area contributed by atoms with E-state index < -0.39 is 33.0 Å². The van der Waals surface area contributed by atoms with Gasteiger partial charge in [-0.1, -0.05) is 48.4 Å². The predicted octanol–water partition coefficient (Wildman–Crippen LogP) is 6.23. The Hall–Kier alpha value is -3.57. The van der Waals surface area contributed by atoms with Crippen molar-refractivity contribution in [3.8, 4) is 5.69 Å². The molecule has 0 spiro atoms. The Morgan fingerprint density at radius 2 is 1.74 bits per heavy atom. The summed E-state index contributed by atoms with van der Waals surface area (Å²) in [6, 6.07) is 15.3. The van der Waals surface area contributed by atoms with Gasteiger partial charge >= 0.3 is 22.4 Å². The van der Waals surface area contributed by atoms with E-state index >= 15 is 0 Å². The quantitative estimate of drug-likeness (QED) is 0.268. The second-order valence-corrected chi connectivity index (χ2v) is 10.5. The summed E-state index contributed by atoms with van der Waals surface area (Å²) < 4.78 is 70.6. The van der Waals surface area contributed by atoms with Crippen molar-refractivity contribution >= 4 is 38.8 Å². The average Bonchev–Trinajstić information content (AvgIpc) is 3.20. The highest BCUT2D eigenvalue weighted by Crippen LogP contribution is 2.37. The van der Waals surface area contributed by atoms with Crippen LogP contribution >= 0.6 is 11.6 Å². The summed E-state index contributed by atoms with van der Waals surface area (Å²) in [6.07, 6.45) is -4.82. The van der Waals surface area contributed by atoms with Crippen molar-refractivity contribution in [3.63, 3.8) is 0 Å². The normalized spacial score (nSPS) is 12.1. The van der Waals surface area contributed by atoms with Gasteiger partial charge in [-0.15, -0.1) is 0 Å². The van der Waals surface area contributed by atoms with Crippen LogP contribution in [0.4, 0.5) is 18.0 Å². The fourth-order valence-electron chi connectivity index (χ4n) is 3.89. The number of alkyl halides is 3. The molecular weight excluding hydrogens is 543 g/mol. The van der Waals surface area contributed by atoms with Crippen molar-refractivity contribution in [1.29, 1.82) is 0 Å². The number of nitrogens with one attached hydrogen (secondary N) is 1. The number of carbonyl (C=O) groups excluding carboxylic acids is 1. The van der Waals surface area contributed by atoms with Gasteiger partial charge in [0.25, 0.3) is 0 Å². The molecule has 12 heteroatoms. The summed E-state index contributed by atoms with van der Waals surface area (Å²) >= 11 is 5.95. The Bertz CT molecular complexity index is 1580. The molecule has 38 heavy (non-hydrogen) atoms. The molecule has 0 saturated heterocycles. The summed E-state index contributed by atoms with van der Waals surface area (Å²) in [4.78, 5) is 16.2. The SMILES string of the molecule is CCc1nc2cc(C(F)(F)F)c(Cl)cc2n1-c1ccc(CCNC(=O)OS(=O)(=O)c2ccc(C)cc2)cc1. The molecule has 0 aliphatic heterocycles. The first kappa shape index (κ1) is 27.5. The van der Waals surface area contributed by atoms with Gasteiger partial charge in [0.2, 0.25) is 0 Å². The van der Waals surface area contributed by atoms with Crippen molar-refractivity contribution in [2.45, 2.75) is 37.8 Å². The molecule has 4 rings (SSSR count). The molecule has 0 unspecified atom stereocenters. The average molecular weight is 566 g/mol. The van der Waals surface area contributed by atoms with Gasteiger partial charge in [0.05, 0.1) is 21.6 Å². The van der Waals surface area contributed by atoms with Gasteiger partial charge in [-0.25, -0.2) is 9.78 Å². The molecule has 0 radical (unpaired) electrons. The molecule has 1 heterocycles. The second-order valence-electron chi connectivity index (χ2n) is 8.52. The summed E-state index contributed by atoms with van der Waals surface area (Å²) in [7, 11) is -4.23. The van der Waals surface area contributed by atoms with E-state index in [9.17, 15) is 26.4 Å². The highest BCUT2D eigenvalue weighted by Gasteiger charge is 2.34. The first-order chi connectivity index (χ1) is 17.9. The van der Waals surface area contributed by atoms with Gasteiger partial charge in [-0.3, -0.25) is 4.57 Å². The van der Waals surface area contributed by atoms with Gasteiger partial charge < -0.3 is 9.50 Å². The van der Waals surface area contributed by atoms with Crippen LogP contribution in [-0.4, -0.2) is 30.6 Å². The molecule has 0 bridgehead atoms. The number of hydrogen-bond donors (Lipinski definition) is 1. The number of aryl methyl sites for hydroxylation is 2. The number of hydrogen-bond acceptors (Lipinski definition) is 5. The highest BCUT2D eigenvalue weighted by atomic mass is 35.5. The maximum Gasteiger partial charge on any atom is 0.423 e. The first-order valence-corrected chi connectivity index (χ1v) is 13.3. The standard InChI is InChI=1S/C26H23ClF3N3O4S/c1-3-24-32-22-14-20(26(28,29)30)21(27)15-23(22)33(24)18-8-6-17(7-9-18)12-13-31-25(34)37-38(35,36)19-10-4-16(2)5-11-19/h4-11,14-15H,3,12-13H2,1-2H3,(H,31,34). The van der Waals surface area contributed by atoms with Crippen LogP contribution in [-0.2, 0) is 33.3 Å². The van der Waals surface area contributed by atoms with Crippen LogP contribution in [0.3, 0.4) is 0 Å². The predicted molar refractivity (Wildman–Crippen MR) is 137 cm³/mol. The topological polar surface area (TPSA) is 90.3 Å². The molecule has 0 fully saturated rings. The third-order valence-electron chi connectivity index (χ3n) is 5.81. The Labute approximate surface area is 222 Å². The monoisotopic (exact) mass is 565 g/mol. The van der Waals surface area contributed by atoms with E-state index in [1.54, 1.807) is 47.9 Å². The molecule has 0 saturated carbocycles. The second kappa shape index (κ2) is 10.7. The van der Waals surface area contributed by atoms with E-state index in [0.717, 1.165) is 17.2 Å². The molecule has 7 nitrogen and oxygen atoms in total. The minimum atomic E-state index is -4.59. The number of imidazole rings is 1. The Kier molecular flexibility index (Phi) is 7.70. The summed E-state index contributed by atoms with van der Waals surface area (Å²) in [5.74, 6) is 0.572. The van der Waals surface area contributed by atoms with Crippen LogP contribution in [0.2, 0.25) is 5.02 Å². The fraction of sp³-hybridized carbons (Fsp3) is 0.231. The van der Waals surface area contributed by atoms with Crippen molar-refractivity contribution in [1.82, 2.24) is 14.9 Å². The van der Waals surface area contributed by atoms with Gasteiger partial charge in [0.1, 0.15) is 10.7 Å². The third kappa shape index (κ3) is 5.94. The number of halogens is 4. The van der Waals surface area contributed by atoms with Crippen molar-refractivity contribution in [2.75, 3.05) is 6.54 Å². The fourth-order valence-corrected chi connectivity index (χ4v) is 4.98. The van der Waals surface area contributed by atoms with E-state index in [1.807, 2.05) is 6.92 Å². The van der Waals surface area contributed by atoms with E-state index in [2.05, 4.69) is 14.5 Å². The molecule has 1 N–H and O–H groups in total. The molecule has 0 aliphatic rings. The molecule has 4 aromatic rings. The number of nitrogens with zero attached hydrogens (tertiary/aromatic N) is 2. The molecule has 200 valence electrons. The van der Waals surface area contributed by atoms with Crippen LogP contribution < -0.4 is 5.32 Å². The maximum absolute atomic E-state index is 13.3. The highest BCUT2D eigenvalue weighted by molar-refractivity contribution is 7.87. The Morgan fingerprint density at radius 3 is 2.34 bits per heavy atom. The van der Waals surface area contributed by atoms with Crippen LogP contribution in [0, 0.1) is 6.92 Å². The molecule has 0 aliphatic carbocycles. The van der Waals surface area contributed by atoms with Crippen LogP contribution in [0.15, 0.2) is 65.6 Å². The van der Waals surface area contributed by atoms with Crippen molar-refractivity contribution in [2.24, 2.45) is 0 Å². The lowest BCUT2D eigenvalue weighted by atomic mass is 10.1. The summed E-state index contributed by atoms with van der Waals surface area (Å²) in [6.45, 7) is 3.77. The van der Waals surface area contributed by atoms with E-state index in [0.29, 0.717) is 29.9 Å². The van der Waals surface area contributed by atoms with Crippen LogP contribution in [0.25, 0.3) is 16.7 Å². The minimum Gasteiger partial charge on any atom is -0.324 e. The third-order valence-corrected chi connectivity index (χ3v) is 7.34. The number of carbonyl (C=O) groups is 1. The summed E-state index contributed by atoms with van der Waals surface area (Å²) in [5, 5.41) is 2.01. The van der Waals surface area contributed by atoms with Crippen LogP contribution in [0.1, 0.15) is 29.4 Å². The van der Waals surface area contributed by atoms with E-state index in [1.165, 1.54) is 18.2 Å². The number of benzene rings is 3. The first-order valence-electron chi connectivity index (χ1n) is 11.6. The van der Waals surface area contributed by atoms with Crippen molar-refractivity contribution < 1.29 is 30.6 Å². The number of fused-ring (bicyclic) bond motifs is 1. The molecule has 1 aromatic heterocycles. The van der Waals surface area contributed by atoms with Gasteiger partial charge in [-0.2, -0.15) is 21.6 Å². The Balaban J connectivity index is 1.44. The lowest BCUT2D eigenvalue weighted by Crippen LogP contribution is -2.28. The zero-order valence-corrected chi connectivity index (χ0v) is 21.9. The molecule has 1 amide bonds. The van der Waals surface area contributed by atoms with Gasteiger partial charge in [0.15, 0.2) is 0 Å². The lowest BCUT2D eigenvalue weighted by Gasteiger charge is -2.12. The summed E-state index contributed by atoms with van der Waals surface area (Å²) in [5.41, 5.74) is 2.08. The number of amides is 1. The Morgan fingerprint density at radius 1 is 1.08 bits per heavy atom. The van der Waals surface area contributed by atoms with Gasteiger partial charge in [0, 0.05) is 18.7 Å².